The Balaban J connectivity index is 2.28. The van der Waals surface area contributed by atoms with Gasteiger partial charge in [-0.25, -0.2) is 18.1 Å². The van der Waals surface area contributed by atoms with E-state index in [4.69, 9.17) is 5.73 Å². The molecule has 3 N–H and O–H groups in total. The highest BCUT2D eigenvalue weighted by Crippen LogP contribution is 2.21. The zero-order chi connectivity index (χ0) is 18.7. The number of carbonyl (C=O) groups is 3. The van der Waals surface area contributed by atoms with Crippen LogP contribution in [0.2, 0.25) is 0 Å². The Morgan fingerprint density at radius 2 is 1.56 bits per heavy atom. The lowest BCUT2D eigenvalue weighted by molar-refractivity contribution is -0.136. The van der Waals surface area contributed by atoms with Crippen LogP contribution in [-0.2, 0) is 14.4 Å². The van der Waals surface area contributed by atoms with Crippen LogP contribution in [0.3, 0.4) is 0 Å². The Bertz CT molecular complexity index is 854. The summed E-state index contributed by atoms with van der Waals surface area (Å²) in [5.74, 6) is -8.43. The van der Waals surface area contributed by atoms with Crippen molar-refractivity contribution < 1.29 is 27.6 Å². The van der Waals surface area contributed by atoms with E-state index in [2.05, 4.69) is 0 Å². The number of carbonyl (C=O) groups excluding carboxylic acids is 3. The van der Waals surface area contributed by atoms with Crippen molar-refractivity contribution in [1.82, 2.24) is 0 Å². The molecule has 0 unspecified atom stereocenters. The first-order valence-electron chi connectivity index (χ1n) is 6.87. The fourth-order valence-corrected chi connectivity index (χ4v) is 1.97. The number of hydrogen-bond acceptors (Lipinski definition) is 4. The monoisotopic (exact) mass is 351 g/mol. The van der Waals surface area contributed by atoms with Gasteiger partial charge in [-0.1, -0.05) is 0 Å². The Labute approximate surface area is 140 Å². The van der Waals surface area contributed by atoms with Crippen molar-refractivity contribution in [2.24, 2.45) is 0 Å². The van der Waals surface area contributed by atoms with Crippen molar-refractivity contribution in [1.29, 1.82) is 0 Å². The highest BCUT2D eigenvalue weighted by Gasteiger charge is 2.28. The summed E-state index contributed by atoms with van der Waals surface area (Å²) in [5, 5.41) is 1.81. The number of nitrogens with zero attached hydrogens (tertiary/aromatic N) is 1. The van der Waals surface area contributed by atoms with Gasteiger partial charge in [0.15, 0.2) is 17.5 Å². The van der Waals surface area contributed by atoms with Crippen LogP contribution < -0.4 is 16.0 Å². The van der Waals surface area contributed by atoms with Gasteiger partial charge in [-0.15, -0.1) is 0 Å². The third-order valence-corrected chi connectivity index (χ3v) is 3.15. The van der Waals surface area contributed by atoms with Gasteiger partial charge in [-0.3, -0.25) is 14.4 Å². The first-order valence-corrected chi connectivity index (χ1v) is 6.87. The molecule has 0 fully saturated rings. The second kappa shape index (κ2) is 7.04. The molecule has 0 aromatic heterocycles. The molecule has 0 saturated carbocycles. The van der Waals surface area contributed by atoms with Gasteiger partial charge in [-0.2, -0.15) is 0 Å². The van der Waals surface area contributed by atoms with Gasteiger partial charge in [0.25, 0.3) is 0 Å². The van der Waals surface area contributed by atoms with E-state index in [1.807, 2.05) is 0 Å². The third-order valence-electron chi connectivity index (χ3n) is 3.15. The Kier molecular flexibility index (Phi) is 5.06. The van der Waals surface area contributed by atoms with E-state index >= 15 is 0 Å². The highest BCUT2D eigenvalue weighted by atomic mass is 19.2. The quantitative estimate of drug-likeness (QED) is 0.493. The van der Waals surface area contributed by atoms with Crippen molar-refractivity contribution >= 4 is 34.8 Å². The van der Waals surface area contributed by atoms with Crippen LogP contribution in [0.15, 0.2) is 36.4 Å². The molecule has 6 nitrogen and oxygen atoms in total. The lowest BCUT2D eigenvalue weighted by Gasteiger charge is -2.19. The lowest BCUT2D eigenvalue weighted by atomic mass is 10.2. The molecule has 9 heteroatoms. The number of benzene rings is 2. The van der Waals surface area contributed by atoms with E-state index in [0.717, 1.165) is 13.0 Å². The number of nitrogen functional groups attached to an aromatic ring is 1. The van der Waals surface area contributed by atoms with Crippen molar-refractivity contribution in [3.8, 4) is 0 Å². The normalized spacial score (nSPS) is 10.2. The van der Waals surface area contributed by atoms with Gasteiger partial charge < -0.3 is 11.1 Å². The van der Waals surface area contributed by atoms with Crippen molar-refractivity contribution in [2.75, 3.05) is 16.0 Å². The van der Waals surface area contributed by atoms with E-state index in [0.29, 0.717) is 16.7 Å². The molecular weight excluding hydrogens is 339 g/mol. The van der Waals surface area contributed by atoms with Crippen LogP contribution >= 0.6 is 0 Å². The summed E-state index contributed by atoms with van der Waals surface area (Å²) < 4.78 is 39.6. The van der Waals surface area contributed by atoms with E-state index in [-0.39, 0.29) is 5.69 Å². The van der Waals surface area contributed by atoms with Crippen LogP contribution in [0.5, 0.6) is 0 Å². The summed E-state index contributed by atoms with van der Waals surface area (Å²) in [6.07, 6.45) is 0. The van der Waals surface area contributed by atoms with E-state index in [1.165, 1.54) is 24.3 Å². The number of rotatable bonds is 2. The van der Waals surface area contributed by atoms with Crippen LogP contribution in [0.1, 0.15) is 6.92 Å². The van der Waals surface area contributed by atoms with Crippen LogP contribution in [0, 0.1) is 17.5 Å². The maximum absolute atomic E-state index is 13.6. The van der Waals surface area contributed by atoms with Crippen LogP contribution in [0.4, 0.5) is 30.2 Å². The summed E-state index contributed by atoms with van der Waals surface area (Å²) in [6, 6.07) is 6.82. The Morgan fingerprint density at radius 1 is 0.960 bits per heavy atom. The minimum Gasteiger partial charge on any atom is -0.399 e. The molecule has 0 aliphatic heterocycles. The summed E-state index contributed by atoms with van der Waals surface area (Å²) in [7, 11) is 0. The number of nitrogens with two attached hydrogens (primary N) is 1. The molecule has 3 amide bonds. The molecule has 0 heterocycles. The molecule has 2 aromatic rings. The lowest BCUT2D eigenvalue weighted by Crippen LogP contribution is -2.42. The van der Waals surface area contributed by atoms with Crippen molar-refractivity contribution in [3.63, 3.8) is 0 Å². The van der Waals surface area contributed by atoms with Gasteiger partial charge in [0, 0.05) is 12.6 Å². The summed E-state index contributed by atoms with van der Waals surface area (Å²) in [5.41, 5.74) is 5.20. The second-order valence-electron chi connectivity index (χ2n) is 4.93. The highest BCUT2D eigenvalue weighted by molar-refractivity contribution is 6.48. The van der Waals surface area contributed by atoms with E-state index in [9.17, 15) is 27.6 Å². The van der Waals surface area contributed by atoms with Gasteiger partial charge in [0.05, 0.1) is 11.4 Å². The predicted octanol–water partition coefficient (Wildman–Crippen LogP) is 2.20. The summed E-state index contributed by atoms with van der Waals surface area (Å²) in [4.78, 5) is 36.4. The van der Waals surface area contributed by atoms with Crippen molar-refractivity contribution in [3.05, 3.63) is 53.8 Å². The smallest absolute Gasteiger partial charge is 0.323 e. The zero-order valence-electron chi connectivity index (χ0n) is 12.8. The van der Waals surface area contributed by atoms with Gasteiger partial charge in [-0.05, 0) is 36.4 Å². The maximum atomic E-state index is 13.6. The number of hydrogen-bond donors (Lipinski definition) is 2. The van der Waals surface area contributed by atoms with Crippen LogP contribution in [-0.4, -0.2) is 17.7 Å². The molecule has 0 bridgehead atoms. The molecule has 0 radical (unpaired) electrons. The largest absolute Gasteiger partial charge is 0.399 e. The second-order valence-corrected chi connectivity index (χ2v) is 4.93. The third kappa shape index (κ3) is 3.77. The van der Waals surface area contributed by atoms with Gasteiger partial charge in [0.1, 0.15) is 0 Å². The molecule has 0 spiro atoms. The average Bonchev–Trinajstić information content (AvgIpc) is 2.57. The average molecular weight is 351 g/mol. The van der Waals surface area contributed by atoms with Crippen molar-refractivity contribution in [2.45, 2.75) is 6.92 Å². The molecule has 2 aromatic carbocycles. The SMILES string of the molecule is CC(=O)N(C(=O)C(=O)Nc1ccc(F)c(F)c1F)c1ccc(N)cc1. The van der Waals surface area contributed by atoms with E-state index < -0.39 is 40.9 Å². The van der Waals surface area contributed by atoms with Gasteiger partial charge in [0.2, 0.25) is 5.91 Å². The maximum Gasteiger partial charge on any atom is 0.323 e. The molecule has 25 heavy (non-hydrogen) atoms. The van der Waals surface area contributed by atoms with Gasteiger partial charge >= 0.3 is 11.8 Å². The topological polar surface area (TPSA) is 92.5 Å². The first-order chi connectivity index (χ1) is 11.7. The number of nitrogens with one attached hydrogen (secondary N) is 1. The zero-order valence-corrected chi connectivity index (χ0v) is 12.8. The standard InChI is InChI=1S/C16H12F3N3O3/c1-8(23)22(10-4-2-9(20)3-5-10)16(25)15(24)21-12-7-6-11(17)13(18)14(12)19/h2-7H,20H2,1H3,(H,21,24). The minimum atomic E-state index is -1.80. The fraction of sp³-hybridized carbons (Fsp3) is 0.0625. The Morgan fingerprint density at radius 3 is 2.12 bits per heavy atom. The summed E-state index contributed by atoms with van der Waals surface area (Å²) in [6.45, 7) is 1.04. The molecule has 0 atom stereocenters. The first kappa shape index (κ1) is 18.0. The number of anilines is 3. The number of halogens is 3. The Hall–Kier alpha value is -3.36. The number of amides is 3. The predicted molar refractivity (Wildman–Crippen MR) is 84.0 cm³/mol. The minimum absolute atomic E-state index is 0.0626. The molecule has 0 aliphatic carbocycles. The van der Waals surface area contributed by atoms with Crippen LogP contribution in [0.25, 0.3) is 0 Å². The molecular formula is C16H12F3N3O3. The summed E-state index contributed by atoms with van der Waals surface area (Å²) >= 11 is 0. The molecule has 130 valence electrons. The fourth-order valence-electron chi connectivity index (χ4n) is 1.97. The molecule has 0 saturated heterocycles. The number of imide groups is 1. The molecule has 2 rings (SSSR count). The van der Waals surface area contributed by atoms with E-state index in [1.54, 1.807) is 5.32 Å². The molecule has 0 aliphatic rings.